The number of aromatic hydroxyl groups is 1. The second kappa shape index (κ2) is 5.31. The summed E-state index contributed by atoms with van der Waals surface area (Å²) in [5.41, 5.74) is -0.372. The maximum atomic E-state index is 11.5. The predicted octanol–water partition coefficient (Wildman–Crippen LogP) is 1.24. The van der Waals surface area contributed by atoms with E-state index in [1.807, 2.05) is 0 Å². The SMILES string of the molecule is O=C(N=C1COCO1)Nc1ccc(O)c([N+](=O)[O-])c1. The number of nitro groups is 1. The van der Waals surface area contributed by atoms with E-state index in [2.05, 4.69) is 10.3 Å². The van der Waals surface area contributed by atoms with Crippen molar-refractivity contribution in [3.8, 4) is 5.75 Å². The van der Waals surface area contributed by atoms with E-state index in [0.29, 0.717) is 0 Å². The number of ether oxygens (including phenoxy) is 2. The number of hydrogen-bond acceptors (Lipinski definition) is 6. The fraction of sp³-hybridized carbons (Fsp3) is 0.200. The lowest BCUT2D eigenvalue weighted by molar-refractivity contribution is -0.385. The Bertz CT molecular complexity index is 548. The Hall–Kier alpha value is -2.68. The molecule has 2 amide bonds. The van der Waals surface area contributed by atoms with Crippen molar-refractivity contribution in [2.75, 3.05) is 18.7 Å². The number of anilines is 1. The van der Waals surface area contributed by atoms with Gasteiger partial charge in [0.25, 0.3) is 0 Å². The summed E-state index contributed by atoms with van der Waals surface area (Å²) in [5, 5.41) is 22.2. The lowest BCUT2D eigenvalue weighted by Crippen LogP contribution is -2.11. The molecule has 0 aromatic heterocycles. The molecule has 19 heavy (non-hydrogen) atoms. The topological polar surface area (TPSA) is 123 Å². The van der Waals surface area contributed by atoms with Crippen molar-refractivity contribution in [1.82, 2.24) is 0 Å². The first kappa shape index (κ1) is 12.8. The van der Waals surface area contributed by atoms with Gasteiger partial charge in [-0.15, -0.1) is 0 Å². The van der Waals surface area contributed by atoms with Crippen LogP contribution in [-0.4, -0.2) is 35.4 Å². The summed E-state index contributed by atoms with van der Waals surface area (Å²) in [7, 11) is 0. The summed E-state index contributed by atoms with van der Waals surface area (Å²) in [6, 6.07) is 2.70. The number of rotatable bonds is 2. The molecule has 0 atom stereocenters. The first-order valence-electron chi connectivity index (χ1n) is 5.13. The van der Waals surface area contributed by atoms with Crippen LogP contribution in [0.25, 0.3) is 0 Å². The highest BCUT2D eigenvalue weighted by molar-refractivity contribution is 5.98. The number of phenolic OH excluding ortho intramolecular Hbond substituents is 1. The van der Waals surface area contributed by atoms with Gasteiger partial charge in [-0.25, -0.2) is 4.79 Å². The van der Waals surface area contributed by atoms with E-state index >= 15 is 0 Å². The lowest BCUT2D eigenvalue weighted by atomic mass is 10.2. The average Bonchev–Trinajstić information content (AvgIpc) is 2.84. The fourth-order valence-electron chi connectivity index (χ4n) is 1.36. The smallest absolute Gasteiger partial charge is 0.348 e. The normalized spacial score (nSPS) is 16.1. The molecule has 9 heteroatoms. The Morgan fingerprint density at radius 3 is 2.95 bits per heavy atom. The molecule has 0 aliphatic carbocycles. The maximum Gasteiger partial charge on any atom is 0.348 e. The number of nitro benzene ring substituents is 1. The zero-order chi connectivity index (χ0) is 13.8. The van der Waals surface area contributed by atoms with Gasteiger partial charge in [0.05, 0.1) is 4.92 Å². The van der Waals surface area contributed by atoms with Crippen molar-refractivity contribution in [3.63, 3.8) is 0 Å². The molecule has 0 radical (unpaired) electrons. The predicted molar refractivity (Wildman–Crippen MR) is 63.1 cm³/mol. The number of carbonyl (C=O) groups excluding carboxylic acids is 1. The lowest BCUT2D eigenvalue weighted by Gasteiger charge is -2.03. The number of nitrogens with zero attached hydrogens (tertiary/aromatic N) is 2. The van der Waals surface area contributed by atoms with Gasteiger partial charge in [-0.1, -0.05) is 0 Å². The Morgan fingerprint density at radius 2 is 2.32 bits per heavy atom. The van der Waals surface area contributed by atoms with Gasteiger partial charge >= 0.3 is 11.7 Å². The summed E-state index contributed by atoms with van der Waals surface area (Å²) >= 11 is 0. The molecule has 1 aliphatic heterocycles. The molecule has 0 spiro atoms. The van der Waals surface area contributed by atoms with Crippen molar-refractivity contribution < 1.29 is 24.3 Å². The molecule has 2 rings (SSSR count). The molecule has 1 aliphatic rings. The number of nitrogens with one attached hydrogen (secondary N) is 1. The van der Waals surface area contributed by atoms with Crippen LogP contribution in [0.3, 0.4) is 0 Å². The molecule has 0 saturated carbocycles. The third-order valence-corrected chi connectivity index (χ3v) is 2.18. The van der Waals surface area contributed by atoms with Crippen molar-refractivity contribution >= 4 is 23.3 Å². The summed E-state index contributed by atoms with van der Waals surface area (Å²) < 4.78 is 9.68. The highest BCUT2D eigenvalue weighted by atomic mass is 16.7. The van der Waals surface area contributed by atoms with Crippen molar-refractivity contribution in [2.24, 2.45) is 4.99 Å². The molecule has 9 nitrogen and oxygen atoms in total. The fourth-order valence-corrected chi connectivity index (χ4v) is 1.36. The van der Waals surface area contributed by atoms with Crippen LogP contribution in [-0.2, 0) is 9.47 Å². The standard InChI is InChI=1S/C10H9N3O6/c14-8-2-1-6(3-7(8)13(16)17)11-10(15)12-9-4-18-5-19-9/h1-3,14H,4-5H2,(H,11,15). The van der Waals surface area contributed by atoms with Crippen LogP contribution in [0, 0.1) is 10.1 Å². The van der Waals surface area contributed by atoms with Gasteiger partial charge in [-0.3, -0.25) is 10.1 Å². The van der Waals surface area contributed by atoms with Gasteiger partial charge in [0.15, 0.2) is 12.5 Å². The van der Waals surface area contributed by atoms with Crippen molar-refractivity contribution in [3.05, 3.63) is 28.3 Å². The molecule has 100 valence electrons. The van der Waals surface area contributed by atoms with E-state index in [1.54, 1.807) is 0 Å². The van der Waals surface area contributed by atoms with Gasteiger partial charge in [-0.2, -0.15) is 4.99 Å². The van der Waals surface area contributed by atoms with Crippen molar-refractivity contribution in [2.45, 2.75) is 0 Å². The van der Waals surface area contributed by atoms with Gasteiger partial charge in [-0.05, 0) is 12.1 Å². The highest BCUT2D eigenvalue weighted by Crippen LogP contribution is 2.28. The number of phenols is 1. The summed E-state index contributed by atoms with van der Waals surface area (Å²) in [5.74, 6) is -0.354. The molecule has 0 bridgehead atoms. The Morgan fingerprint density at radius 1 is 1.53 bits per heavy atom. The van der Waals surface area contributed by atoms with Gasteiger partial charge in [0.2, 0.25) is 5.90 Å². The van der Waals surface area contributed by atoms with Crippen LogP contribution in [0.4, 0.5) is 16.2 Å². The molecule has 1 heterocycles. The van der Waals surface area contributed by atoms with Crippen molar-refractivity contribution in [1.29, 1.82) is 0 Å². The number of aliphatic imine (C=N–C) groups is 1. The van der Waals surface area contributed by atoms with Gasteiger partial charge in [0, 0.05) is 11.8 Å². The average molecular weight is 267 g/mol. The maximum absolute atomic E-state index is 11.5. The number of benzene rings is 1. The zero-order valence-electron chi connectivity index (χ0n) is 9.53. The number of amides is 2. The quantitative estimate of drug-likeness (QED) is 0.472. The molecule has 2 N–H and O–H groups in total. The van der Waals surface area contributed by atoms with E-state index < -0.39 is 22.4 Å². The Labute approximate surface area is 106 Å². The summed E-state index contributed by atoms with van der Waals surface area (Å²) in [6.45, 7) is 0.139. The number of carbonyl (C=O) groups is 1. The molecule has 1 fully saturated rings. The molecule has 1 aromatic rings. The third-order valence-electron chi connectivity index (χ3n) is 2.18. The zero-order valence-corrected chi connectivity index (χ0v) is 9.53. The van der Waals surface area contributed by atoms with E-state index in [-0.39, 0.29) is 25.0 Å². The minimum atomic E-state index is -0.759. The van der Waals surface area contributed by atoms with Gasteiger partial charge < -0.3 is 19.9 Å². The first-order chi connectivity index (χ1) is 9.06. The van der Waals surface area contributed by atoms with E-state index in [0.717, 1.165) is 12.1 Å². The van der Waals surface area contributed by atoms with E-state index in [4.69, 9.17) is 9.47 Å². The Balaban J connectivity index is 2.10. The molecule has 0 unspecified atom stereocenters. The molecular formula is C10H9N3O6. The minimum absolute atomic E-state index is 0.0385. The largest absolute Gasteiger partial charge is 0.502 e. The van der Waals surface area contributed by atoms with E-state index in [9.17, 15) is 20.0 Å². The Kier molecular flexibility index (Phi) is 3.57. The van der Waals surface area contributed by atoms with Crippen LogP contribution in [0.15, 0.2) is 23.2 Å². The van der Waals surface area contributed by atoms with Crippen LogP contribution in [0.5, 0.6) is 5.75 Å². The second-order valence-corrected chi connectivity index (χ2v) is 3.51. The molecule has 1 aromatic carbocycles. The molecule has 1 saturated heterocycles. The summed E-state index contributed by atoms with van der Waals surface area (Å²) in [6.07, 6.45) is 0. The second-order valence-electron chi connectivity index (χ2n) is 3.51. The minimum Gasteiger partial charge on any atom is -0.502 e. The highest BCUT2D eigenvalue weighted by Gasteiger charge is 2.16. The monoisotopic (exact) mass is 267 g/mol. The summed E-state index contributed by atoms with van der Waals surface area (Å²) in [4.78, 5) is 24.9. The number of hydrogen-bond donors (Lipinski definition) is 2. The number of urea groups is 1. The van der Waals surface area contributed by atoms with Gasteiger partial charge in [0.1, 0.15) is 6.61 Å². The van der Waals surface area contributed by atoms with E-state index in [1.165, 1.54) is 6.07 Å². The molecular weight excluding hydrogens is 258 g/mol. The van der Waals surface area contributed by atoms with Crippen LogP contribution < -0.4 is 5.32 Å². The van der Waals surface area contributed by atoms with Crippen LogP contribution >= 0.6 is 0 Å². The third kappa shape index (κ3) is 3.16. The first-order valence-corrected chi connectivity index (χ1v) is 5.13. The van der Waals surface area contributed by atoms with Crippen LogP contribution in [0.1, 0.15) is 0 Å². The van der Waals surface area contributed by atoms with Crippen LogP contribution in [0.2, 0.25) is 0 Å².